The molecule has 0 aliphatic carbocycles. The van der Waals surface area contributed by atoms with E-state index in [4.69, 9.17) is 17.0 Å². The van der Waals surface area contributed by atoms with Crippen LogP contribution in [0, 0.1) is 24.1 Å². The van der Waals surface area contributed by atoms with Crippen molar-refractivity contribution in [3.63, 3.8) is 0 Å². The number of aromatic nitrogens is 1. The maximum absolute atomic E-state index is 13.4. The van der Waals surface area contributed by atoms with E-state index in [1.165, 1.54) is 28.8 Å². The van der Waals surface area contributed by atoms with Gasteiger partial charge in [0.1, 0.15) is 27.6 Å². The minimum Gasteiger partial charge on any atom is -0.383 e. The molecule has 4 rings (SSSR count). The molecule has 2 aliphatic heterocycles. The summed E-state index contributed by atoms with van der Waals surface area (Å²) in [6.45, 7) is 7.46. The minimum atomic E-state index is -0.326. The fourth-order valence-electron chi connectivity index (χ4n) is 4.75. The van der Waals surface area contributed by atoms with Crippen molar-refractivity contribution in [1.82, 2.24) is 9.47 Å². The van der Waals surface area contributed by atoms with Crippen molar-refractivity contribution in [2.75, 3.05) is 56.2 Å². The number of pyridine rings is 1. The summed E-state index contributed by atoms with van der Waals surface area (Å²) in [4.78, 5) is 32.9. The molecule has 8 nitrogen and oxygen atoms in total. The Kier molecular flexibility index (Phi) is 8.87. The highest BCUT2D eigenvalue weighted by Crippen LogP contribution is 2.36. The van der Waals surface area contributed by atoms with Crippen LogP contribution in [0.5, 0.6) is 0 Å². The maximum atomic E-state index is 13.4. The number of hydrogen-bond acceptors (Lipinski definition) is 8. The lowest BCUT2D eigenvalue weighted by molar-refractivity contribution is -0.122. The Bertz CT molecular complexity index is 1360. The molecule has 200 valence electrons. The number of carbonyl (C=O) groups excluding carboxylic acids is 1. The van der Waals surface area contributed by atoms with Crippen LogP contribution in [0.3, 0.4) is 0 Å². The number of amides is 1. The monoisotopic (exact) mass is 555 g/mol. The molecule has 3 heterocycles. The van der Waals surface area contributed by atoms with Gasteiger partial charge in [0, 0.05) is 51.1 Å². The van der Waals surface area contributed by atoms with Crippen LogP contribution in [0.15, 0.2) is 34.0 Å². The molecular weight excluding hydrogens is 525 g/mol. The molecule has 11 heteroatoms. The van der Waals surface area contributed by atoms with Gasteiger partial charge in [-0.15, -0.1) is 0 Å². The molecule has 38 heavy (non-hydrogen) atoms. The summed E-state index contributed by atoms with van der Waals surface area (Å²) in [5.41, 5.74) is 1.91. The highest BCUT2D eigenvalue weighted by atomic mass is 32.2. The number of methoxy groups -OCH3 is 1. The molecule has 0 atom stereocenters. The molecular formula is C27H30FN5O3S2. The van der Waals surface area contributed by atoms with E-state index in [9.17, 15) is 19.2 Å². The van der Waals surface area contributed by atoms with Gasteiger partial charge in [-0.1, -0.05) is 30.9 Å². The molecule has 2 saturated heterocycles. The number of halogens is 1. The molecule has 0 unspecified atom stereocenters. The van der Waals surface area contributed by atoms with E-state index in [0.29, 0.717) is 78.5 Å². The van der Waals surface area contributed by atoms with Crippen molar-refractivity contribution in [3.8, 4) is 6.07 Å². The van der Waals surface area contributed by atoms with Crippen LogP contribution in [0.1, 0.15) is 30.0 Å². The SMILES string of the molecule is CCCn1c(N2CCN(c3ccc(F)cc3)CC2)c(C=C2SC(=S)N(CCOC)C2=O)c(C)c(C#N)c1=O. The second kappa shape index (κ2) is 12.1. The van der Waals surface area contributed by atoms with Gasteiger partial charge in [-0.2, -0.15) is 5.26 Å². The summed E-state index contributed by atoms with van der Waals surface area (Å²) in [6, 6.07) is 8.51. The number of anilines is 2. The van der Waals surface area contributed by atoms with Crippen LogP contribution in [0.2, 0.25) is 0 Å². The van der Waals surface area contributed by atoms with Gasteiger partial charge in [-0.3, -0.25) is 19.1 Å². The highest BCUT2D eigenvalue weighted by Gasteiger charge is 2.33. The van der Waals surface area contributed by atoms with Crippen molar-refractivity contribution in [3.05, 3.63) is 62.0 Å². The largest absolute Gasteiger partial charge is 0.383 e. The number of thiocarbonyl (C=S) groups is 1. The van der Waals surface area contributed by atoms with Crippen molar-refractivity contribution >= 4 is 51.8 Å². The van der Waals surface area contributed by atoms with Gasteiger partial charge in [0.05, 0.1) is 18.1 Å². The number of hydrogen-bond donors (Lipinski definition) is 0. The number of nitriles is 1. The Morgan fingerprint density at radius 2 is 1.79 bits per heavy atom. The lowest BCUT2D eigenvalue weighted by Crippen LogP contribution is -2.48. The van der Waals surface area contributed by atoms with E-state index in [0.717, 1.165) is 5.69 Å². The zero-order valence-electron chi connectivity index (χ0n) is 21.7. The van der Waals surface area contributed by atoms with Gasteiger partial charge < -0.3 is 14.5 Å². The molecule has 0 spiro atoms. The first-order chi connectivity index (χ1) is 18.3. The second-order valence-electron chi connectivity index (χ2n) is 9.08. The lowest BCUT2D eigenvalue weighted by Gasteiger charge is -2.39. The highest BCUT2D eigenvalue weighted by molar-refractivity contribution is 8.26. The summed E-state index contributed by atoms with van der Waals surface area (Å²) in [5, 5.41) is 9.85. The molecule has 2 aliphatic rings. The molecule has 0 saturated carbocycles. The Labute approximate surface area is 231 Å². The van der Waals surface area contributed by atoms with E-state index >= 15 is 0 Å². The smallest absolute Gasteiger partial charge is 0.270 e. The van der Waals surface area contributed by atoms with Crippen LogP contribution < -0.4 is 15.4 Å². The van der Waals surface area contributed by atoms with Gasteiger partial charge in [0.25, 0.3) is 11.5 Å². The van der Waals surface area contributed by atoms with Crippen molar-refractivity contribution in [1.29, 1.82) is 5.26 Å². The molecule has 2 fully saturated rings. The quantitative estimate of drug-likeness (QED) is 0.360. The van der Waals surface area contributed by atoms with Gasteiger partial charge in [-0.05, 0) is 49.2 Å². The zero-order valence-corrected chi connectivity index (χ0v) is 23.3. The number of nitrogens with zero attached hydrogens (tertiary/aromatic N) is 5. The molecule has 0 N–H and O–H groups in total. The van der Waals surface area contributed by atoms with Crippen LogP contribution in [0.4, 0.5) is 15.9 Å². The Hall–Kier alpha value is -3.20. The van der Waals surface area contributed by atoms with Crippen LogP contribution >= 0.6 is 24.0 Å². The van der Waals surface area contributed by atoms with Gasteiger partial charge in [-0.25, -0.2) is 4.39 Å². The predicted molar refractivity (Wildman–Crippen MR) is 153 cm³/mol. The zero-order chi connectivity index (χ0) is 27.4. The third kappa shape index (κ3) is 5.48. The minimum absolute atomic E-state index is 0.0771. The number of piperazine rings is 1. The van der Waals surface area contributed by atoms with Crippen molar-refractivity contribution < 1.29 is 13.9 Å². The fourth-order valence-corrected chi connectivity index (χ4v) is 6.04. The molecule has 1 aromatic heterocycles. The Morgan fingerprint density at radius 3 is 2.39 bits per heavy atom. The number of rotatable bonds is 8. The lowest BCUT2D eigenvalue weighted by atomic mass is 10.0. The predicted octanol–water partition coefficient (Wildman–Crippen LogP) is 3.75. The van der Waals surface area contributed by atoms with Crippen LogP contribution in [0.25, 0.3) is 6.08 Å². The maximum Gasteiger partial charge on any atom is 0.270 e. The van der Waals surface area contributed by atoms with Crippen molar-refractivity contribution in [2.45, 2.75) is 26.8 Å². The van der Waals surface area contributed by atoms with E-state index in [1.54, 1.807) is 36.8 Å². The third-order valence-corrected chi connectivity index (χ3v) is 8.11. The second-order valence-corrected chi connectivity index (χ2v) is 10.8. The molecule has 2 aromatic rings. The number of carbonyl (C=O) groups is 1. The topological polar surface area (TPSA) is 81.8 Å². The molecule has 1 aromatic carbocycles. The van der Waals surface area contributed by atoms with Crippen LogP contribution in [-0.2, 0) is 16.1 Å². The molecule has 0 bridgehead atoms. The third-order valence-electron chi connectivity index (χ3n) is 6.73. The normalized spacial score (nSPS) is 17.0. The fraction of sp³-hybridized carbons (Fsp3) is 0.407. The summed E-state index contributed by atoms with van der Waals surface area (Å²) in [6.07, 6.45) is 2.48. The number of benzene rings is 1. The van der Waals surface area contributed by atoms with Gasteiger partial charge in [0.2, 0.25) is 0 Å². The number of ether oxygens (including phenoxy) is 1. The van der Waals surface area contributed by atoms with E-state index in [-0.39, 0.29) is 22.8 Å². The molecule has 1 amide bonds. The van der Waals surface area contributed by atoms with Gasteiger partial charge >= 0.3 is 0 Å². The first-order valence-electron chi connectivity index (χ1n) is 12.5. The molecule has 0 radical (unpaired) electrons. The van der Waals surface area contributed by atoms with Crippen LogP contribution in [-0.4, -0.2) is 66.1 Å². The Balaban J connectivity index is 1.76. The van der Waals surface area contributed by atoms with E-state index in [1.807, 2.05) is 6.92 Å². The first-order valence-corrected chi connectivity index (χ1v) is 13.7. The first kappa shape index (κ1) is 27.8. The van der Waals surface area contributed by atoms with E-state index in [2.05, 4.69) is 15.9 Å². The summed E-state index contributed by atoms with van der Waals surface area (Å²) in [5.74, 6) is 0.214. The van der Waals surface area contributed by atoms with E-state index < -0.39 is 0 Å². The summed E-state index contributed by atoms with van der Waals surface area (Å²) >= 11 is 6.66. The van der Waals surface area contributed by atoms with Crippen molar-refractivity contribution in [2.24, 2.45) is 0 Å². The number of thioether (sulfide) groups is 1. The standard InChI is InChI=1S/C27H30FN5O3S2/c1-4-9-32-24(31-12-10-30(11-13-31)20-7-5-19(28)6-8-20)21(18(2)22(17-29)25(32)34)16-23-26(35)33(14-15-36-3)27(37)38-23/h5-8,16H,4,9-15H2,1-3H3. The average molecular weight is 556 g/mol. The average Bonchev–Trinajstić information content (AvgIpc) is 3.18. The summed E-state index contributed by atoms with van der Waals surface area (Å²) in [7, 11) is 1.57. The Morgan fingerprint density at radius 1 is 1.13 bits per heavy atom. The summed E-state index contributed by atoms with van der Waals surface area (Å²) < 4.78 is 20.6. The van der Waals surface area contributed by atoms with Gasteiger partial charge in [0.15, 0.2) is 0 Å².